The highest BCUT2D eigenvalue weighted by Gasteiger charge is 2.16. The van der Waals surface area contributed by atoms with Gasteiger partial charge in [-0.25, -0.2) is 8.78 Å². The van der Waals surface area contributed by atoms with Crippen molar-refractivity contribution in [2.24, 2.45) is 4.99 Å². The van der Waals surface area contributed by atoms with Crippen molar-refractivity contribution in [3.63, 3.8) is 0 Å². The van der Waals surface area contributed by atoms with Gasteiger partial charge in [0.1, 0.15) is 0 Å². The lowest BCUT2D eigenvalue weighted by molar-refractivity contribution is 0.498. The molecular formula is C15H24F2IN3S. The number of aliphatic imine (C=N–C) groups is 1. The molecule has 126 valence electrons. The van der Waals surface area contributed by atoms with Crippen LogP contribution in [-0.2, 0) is 6.42 Å². The van der Waals surface area contributed by atoms with Crippen molar-refractivity contribution >= 4 is 41.7 Å². The summed E-state index contributed by atoms with van der Waals surface area (Å²) in [6.45, 7) is 5.53. The van der Waals surface area contributed by atoms with Crippen LogP contribution in [-0.4, -0.2) is 37.1 Å². The van der Waals surface area contributed by atoms with Crippen molar-refractivity contribution in [2.75, 3.05) is 26.4 Å². The molecule has 0 radical (unpaired) electrons. The normalized spacial score (nSPS) is 11.8. The van der Waals surface area contributed by atoms with E-state index in [-0.39, 0.29) is 28.7 Å². The standard InChI is InChI=1S/C15H23F2N3S.HI/c1-15(2,21-4)10-20-14(18-3)19-9-8-11-6-5-7-12(16)13(11)17;/h5-7H,8-10H2,1-4H3,(H2,18,19,20);1H. The molecule has 1 rings (SSSR count). The van der Waals surface area contributed by atoms with Gasteiger partial charge in [0.2, 0.25) is 0 Å². The third kappa shape index (κ3) is 7.13. The van der Waals surface area contributed by atoms with E-state index in [1.807, 2.05) is 0 Å². The SMILES string of the molecule is CN=C(NCCc1cccc(F)c1F)NCC(C)(C)SC.I. The number of rotatable bonds is 6. The Labute approximate surface area is 152 Å². The van der Waals surface area contributed by atoms with Gasteiger partial charge in [0.15, 0.2) is 17.6 Å². The highest BCUT2D eigenvalue weighted by atomic mass is 127. The summed E-state index contributed by atoms with van der Waals surface area (Å²) in [4.78, 5) is 4.11. The van der Waals surface area contributed by atoms with E-state index in [2.05, 4.69) is 35.7 Å². The van der Waals surface area contributed by atoms with Gasteiger partial charge in [0.05, 0.1) is 0 Å². The van der Waals surface area contributed by atoms with Crippen LogP contribution >= 0.6 is 35.7 Å². The van der Waals surface area contributed by atoms with Crippen molar-refractivity contribution in [2.45, 2.75) is 25.0 Å². The minimum absolute atomic E-state index is 0. The van der Waals surface area contributed by atoms with Crippen LogP contribution in [0.3, 0.4) is 0 Å². The molecule has 3 nitrogen and oxygen atoms in total. The number of nitrogens with one attached hydrogen (secondary N) is 2. The maximum absolute atomic E-state index is 13.5. The molecular weight excluding hydrogens is 419 g/mol. The highest BCUT2D eigenvalue weighted by Crippen LogP contribution is 2.19. The number of hydrogen-bond acceptors (Lipinski definition) is 2. The van der Waals surface area contributed by atoms with Crippen LogP contribution < -0.4 is 10.6 Å². The van der Waals surface area contributed by atoms with Crippen molar-refractivity contribution in [3.8, 4) is 0 Å². The van der Waals surface area contributed by atoms with E-state index in [4.69, 9.17) is 0 Å². The molecule has 0 unspecified atom stereocenters. The van der Waals surface area contributed by atoms with Gasteiger partial charge >= 0.3 is 0 Å². The van der Waals surface area contributed by atoms with Crippen LogP contribution in [0.25, 0.3) is 0 Å². The maximum atomic E-state index is 13.5. The first-order valence-corrected chi connectivity index (χ1v) is 8.04. The molecule has 0 saturated carbocycles. The average molecular weight is 443 g/mol. The summed E-state index contributed by atoms with van der Waals surface area (Å²) in [5, 5.41) is 6.32. The zero-order valence-electron chi connectivity index (χ0n) is 13.4. The van der Waals surface area contributed by atoms with Gasteiger partial charge in [-0.05, 0) is 38.2 Å². The number of hydrogen-bond donors (Lipinski definition) is 2. The Morgan fingerprint density at radius 2 is 1.95 bits per heavy atom. The monoisotopic (exact) mass is 443 g/mol. The Bertz CT molecular complexity index is 496. The third-order valence-corrected chi connectivity index (χ3v) is 4.43. The summed E-state index contributed by atoms with van der Waals surface area (Å²) in [5.74, 6) is -0.920. The van der Waals surface area contributed by atoms with Crippen LogP contribution in [0, 0.1) is 11.6 Å². The van der Waals surface area contributed by atoms with Crippen LogP contribution in [0.1, 0.15) is 19.4 Å². The summed E-state index contributed by atoms with van der Waals surface area (Å²) >= 11 is 1.77. The molecule has 0 aliphatic rings. The lowest BCUT2D eigenvalue weighted by Crippen LogP contribution is -2.43. The van der Waals surface area contributed by atoms with E-state index in [1.165, 1.54) is 6.07 Å². The molecule has 0 bridgehead atoms. The summed E-state index contributed by atoms with van der Waals surface area (Å²) in [7, 11) is 1.68. The molecule has 1 aromatic rings. The van der Waals surface area contributed by atoms with Gasteiger partial charge in [-0.15, -0.1) is 24.0 Å². The molecule has 0 aromatic heterocycles. The zero-order chi connectivity index (χ0) is 15.9. The Balaban J connectivity index is 0.00000441. The van der Waals surface area contributed by atoms with E-state index in [9.17, 15) is 8.78 Å². The van der Waals surface area contributed by atoms with Crippen molar-refractivity contribution in [1.82, 2.24) is 10.6 Å². The molecule has 7 heteroatoms. The van der Waals surface area contributed by atoms with Gasteiger partial charge in [-0.1, -0.05) is 12.1 Å². The third-order valence-electron chi connectivity index (χ3n) is 3.18. The number of halogens is 3. The molecule has 0 aliphatic heterocycles. The second-order valence-electron chi connectivity index (χ2n) is 5.28. The minimum Gasteiger partial charge on any atom is -0.356 e. The molecule has 0 atom stereocenters. The topological polar surface area (TPSA) is 36.4 Å². The molecule has 1 aromatic carbocycles. The van der Waals surface area contributed by atoms with Crippen molar-refractivity contribution in [1.29, 1.82) is 0 Å². The van der Waals surface area contributed by atoms with E-state index in [0.29, 0.717) is 24.5 Å². The molecule has 0 saturated heterocycles. The fraction of sp³-hybridized carbons (Fsp3) is 0.533. The maximum Gasteiger partial charge on any atom is 0.191 e. The second kappa shape index (κ2) is 10.3. The molecule has 0 aliphatic carbocycles. The Hall–Kier alpha value is -0.570. The largest absolute Gasteiger partial charge is 0.356 e. The summed E-state index contributed by atoms with van der Waals surface area (Å²) < 4.78 is 26.7. The molecule has 0 spiro atoms. The van der Waals surface area contributed by atoms with E-state index in [0.717, 1.165) is 12.6 Å². The van der Waals surface area contributed by atoms with E-state index in [1.54, 1.807) is 24.9 Å². The fourth-order valence-corrected chi connectivity index (χ4v) is 1.86. The quantitative estimate of drug-likeness (QED) is 0.402. The first-order valence-electron chi connectivity index (χ1n) is 6.82. The van der Waals surface area contributed by atoms with Crippen LogP contribution in [0.2, 0.25) is 0 Å². The number of guanidine groups is 1. The van der Waals surface area contributed by atoms with Gasteiger partial charge in [0.25, 0.3) is 0 Å². The smallest absolute Gasteiger partial charge is 0.191 e. The predicted octanol–water partition coefficient (Wildman–Crippen LogP) is 3.43. The number of benzene rings is 1. The van der Waals surface area contributed by atoms with Gasteiger partial charge < -0.3 is 10.6 Å². The summed E-state index contributed by atoms with van der Waals surface area (Å²) in [6.07, 6.45) is 2.46. The number of nitrogens with zero attached hydrogens (tertiary/aromatic N) is 1. The molecule has 0 amide bonds. The average Bonchev–Trinajstić information content (AvgIpc) is 2.47. The van der Waals surface area contributed by atoms with Crippen molar-refractivity contribution < 1.29 is 8.78 Å². The molecule has 0 heterocycles. The van der Waals surface area contributed by atoms with Crippen LogP contribution in [0.4, 0.5) is 8.78 Å². The van der Waals surface area contributed by atoms with Gasteiger partial charge in [-0.3, -0.25) is 4.99 Å². The minimum atomic E-state index is -0.809. The summed E-state index contributed by atoms with van der Waals surface area (Å²) in [6, 6.07) is 4.23. The Morgan fingerprint density at radius 3 is 2.55 bits per heavy atom. The summed E-state index contributed by atoms with van der Waals surface area (Å²) in [5.41, 5.74) is 0.363. The lowest BCUT2D eigenvalue weighted by atomic mass is 10.1. The van der Waals surface area contributed by atoms with Crippen molar-refractivity contribution in [3.05, 3.63) is 35.4 Å². The Morgan fingerprint density at radius 1 is 1.27 bits per heavy atom. The zero-order valence-corrected chi connectivity index (χ0v) is 16.5. The van der Waals surface area contributed by atoms with Gasteiger partial charge in [0, 0.05) is 24.9 Å². The van der Waals surface area contributed by atoms with Gasteiger partial charge in [-0.2, -0.15) is 11.8 Å². The Kier molecular flexibility index (Phi) is 9.99. The fourth-order valence-electron chi connectivity index (χ4n) is 1.65. The number of thioether (sulfide) groups is 1. The first-order chi connectivity index (χ1) is 9.89. The lowest BCUT2D eigenvalue weighted by Gasteiger charge is -2.23. The second-order valence-corrected chi connectivity index (χ2v) is 6.79. The molecule has 0 fully saturated rings. The van der Waals surface area contributed by atoms with Crippen LogP contribution in [0.15, 0.2) is 23.2 Å². The molecule has 2 N–H and O–H groups in total. The predicted molar refractivity (Wildman–Crippen MR) is 102 cm³/mol. The van der Waals surface area contributed by atoms with E-state index >= 15 is 0 Å². The van der Waals surface area contributed by atoms with Crippen LogP contribution in [0.5, 0.6) is 0 Å². The first kappa shape index (κ1) is 21.4. The van der Waals surface area contributed by atoms with E-state index < -0.39 is 11.6 Å². The molecule has 22 heavy (non-hydrogen) atoms. The highest BCUT2D eigenvalue weighted by molar-refractivity contribution is 14.0.